The molecular weight excluding hydrogens is 396 g/mol. The molecule has 0 N–H and O–H groups in total. The van der Waals surface area contributed by atoms with Gasteiger partial charge in [0.25, 0.3) is 5.91 Å². The second-order valence-electron chi connectivity index (χ2n) is 6.73. The second kappa shape index (κ2) is 6.79. The molecule has 27 heavy (non-hydrogen) atoms. The molecule has 0 unspecified atom stereocenters. The fraction of sp³-hybridized carbons (Fsp3) is 0.500. The van der Waals surface area contributed by atoms with E-state index in [1.807, 2.05) is 6.07 Å². The lowest BCUT2D eigenvalue weighted by molar-refractivity contribution is -0.124. The number of rotatable bonds is 4. The Labute approximate surface area is 157 Å². The second-order valence-corrected chi connectivity index (χ2v) is 10.8. The first-order chi connectivity index (χ1) is 12.5. The van der Waals surface area contributed by atoms with Crippen molar-refractivity contribution in [2.24, 2.45) is 0 Å². The SMILES string of the molecule is CS(=O)(=O)[C@H]1C(=O)N(S(C)(=O)=O)[C@H]2CCN(C(=O)OCc3ccccc3)[C@@H]21. The smallest absolute Gasteiger partial charge is 0.410 e. The molecule has 2 aliphatic heterocycles. The Kier molecular flexibility index (Phi) is 4.93. The van der Waals surface area contributed by atoms with Gasteiger partial charge in [-0.2, -0.15) is 0 Å². The Bertz CT molecular complexity index is 960. The molecule has 1 aromatic rings. The number of benzene rings is 1. The zero-order valence-corrected chi connectivity index (χ0v) is 16.4. The van der Waals surface area contributed by atoms with Crippen LogP contribution in [0.2, 0.25) is 0 Å². The maximum absolute atomic E-state index is 12.5. The van der Waals surface area contributed by atoms with Gasteiger partial charge in [-0.05, 0) is 12.0 Å². The fourth-order valence-corrected chi connectivity index (χ4v) is 6.26. The molecule has 2 fully saturated rings. The normalized spacial score (nSPS) is 25.6. The Morgan fingerprint density at radius 3 is 2.33 bits per heavy atom. The molecule has 148 valence electrons. The predicted molar refractivity (Wildman–Crippen MR) is 95.8 cm³/mol. The van der Waals surface area contributed by atoms with Crippen molar-refractivity contribution >= 4 is 31.9 Å². The number of hydrogen-bond donors (Lipinski definition) is 0. The number of carbonyl (C=O) groups excluding carboxylic acids is 2. The highest BCUT2D eigenvalue weighted by molar-refractivity contribution is 7.92. The number of likely N-dealkylation sites (tertiary alicyclic amines) is 1. The summed E-state index contributed by atoms with van der Waals surface area (Å²) >= 11 is 0. The first-order valence-corrected chi connectivity index (χ1v) is 12.0. The Balaban J connectivity index is 1.86. The molecule has 0 saturated carbocycles. The van der Waals surface area contributed by atoms with Gasteiger partial charge in [0.15, 0.2) is 15.1 Å². The molecule has 2 heterocycles. The monoisotopic (exact) mass is 416 g/mol. The summed E-state index contributed by atoms with van der Waals surface area (Å²) in [6.45, 7) is 0.0924. The minimum absolute atomic E-state index is 0.0131. The van der Waals surface area contributed by atoms with Gasteiger partial charge in [-0.1, -0.05) is 30.3 Å². The standard InChI is InChI=1S/C16H20N2O7S2/c1-26(21,22)14-13-12(18(15(14)19)27(2,23)24)8-9-17(13)16(20)25-10-11-6-4-3-5-7-11/h3-7,12-14H,8-10H2,1-2H3/t12-,13-,14+/m0/s1. The predicted octanol–water partition coefficient (Wildman–Crippen LogP) is -0.0189. The van der Waals surface area contributed by atoms with Crippen molar-refractivity contribution in [2.45, 2.75) is 30.4 Å². The van der Waals surface area contributed by atoms with Gasteiger partial charge in [0.1, 0.15) is 6.61 Å². The van der Waals surface area contributed by atoms with Crippen LogP contribution in [0.4, 0.5) is 4.79 Å². The van der Waals surface area contributed by atoms with Gasteiger partial charge >= 0.3 is 6.09 Å². The fourth-order valence-electron chi connectivity index (χ4n) is 3.72. The zero-order chi connectivity index (χ0) is 20.0. The lowest BCUT2D eigenvalue weighted by Gasteiger charge is -2.26. The van der Waals surface area contributed by atoms with E-state index in [0.717, 1.165) is 23.0 Å². The highest BCUT2D eigenvalue weighted by Gasteiger charge is 2.61. The molecule has 0 spiro atoms. The molecule has 0 radical (unpaired) electrons. The maximum atomic E-state index is 12.5. The summed E-state index contributed by atoms with van der Waals surface area (Å²) in [5, 5.41) is -1.62. The molecule has 0 bridgehead atoms. The number of hydrogen-bond acceptors (Lipinski definition) is 7. The third kappa shape index (κ3) is 3.65. The minimum atomic E-state index is -3.96. The molecule has 11 heteroatoms. The molecule has 9 nitrogen and oxygen atoms in total. The van der Waals surface area contributed by atoms with E-state index in [2.05, 4.69) is 0 Å². The van der Waals surface area contributed by atoms with Crippen molar-refractivity contribution in [3.63, 3.8) is 0 Å². The average Bonchev–Trinajstić information content (AvgIpc) is 3.08. The highest BCUT2D eigenvalue weighted by Crippen LogP contribution is 2.37. The molecule has 3 atom stereocenters. The van der Waals surface area contributed by atoms with E-state index >= 15 is 0 Å². The molecular formula is C16H20N2O7S2. The summed E-state index contributed by atoms with van der Waals surface area (Å²) < 4.78 is 54.3. The minimum Gasteiger partial charge on any atom is -0.445 e. The van der Waals surface area contributed by atoms with Gasteiger partial charge in [-0.3, -0.25) is 4.79 Å². The van der Waals surface area contributed by atoms with Gasteiger partial charge in [0.2, 0.25) is 10.0 Å². The Morgan fingerprint density at radius 1 is 1.15 bits per heavy atom. The zero-order valence-electron chi connectivity index (χ0n) is 14.8. The molecule has 3 rings (SSSR count). The summed E-state index contributed by atoms with van der Waals surface area (Å²) in [6.07, 6.45) is 1.10. The van der Waals surface area contributed by atoms with Gasteiger partial charge in [-0.15, -0.1) is 0 Å². The van der Waals surface area contributed by atoms with Crippen LogP contribution < -0.4 is 0 Å². The molecule has 2 aliphatic rings. The molecule has 0 aromatic heterocycles. The van der Waals surface area contributed by atoms with Crippen molar-refractivity contribution < 1.29 is 31.2 Å². The number of sulfone groups is 1. The van der Waals surface area contributed by atoms with Crippen molar-refractivity contribution in [1.82, 2.24) is 9.21 Å². The van der Waals surface area contributed by atoms with Crippen LogP contribution in [0.15, 0.2) is 30.3 Å². The van der Waals surface area contributed by atoms with E-state index in [4.69, 9.17) is 4.74 Å². The lowest BCUT2D eigenvalue weighted by atomic mass is 10.1. The molecule has 2 saturated heterocycles. The van der Waals surface area contributed by atoms with Crippen molar-refractivity contribution in [2.75, 3.05) is 19.1 Å². The van der Waals surface area contributed by atoms with Crippen LogP contribution in [-0.4, -0.2) is 74.4 Å². The first kappa shape index (κ1) is 19.6. The van der Waals surface area contributed by atoms with Crippen molar-refractivity contribution in [1.29, 1.82) is 0 Å². The topological polar surface area (TPSA) is 118 Å². The van der Waals surface area contributed by atoms with E-state index in [1.165, 1.54) is 0 Å². The van der Waals surface area contributed by atoms with Gasteiger partial charge in [0, 0.05) is 12.8 Å². The largest absolute Gasteiger partial charge is 0.445 e. The van der Waals surface area contributed by atoms with Crippen LogP contribution >= 0.6 is 0 Å². The summed E-state index contributed by atoms with van der Waals surface area (Å²) in [4.78, 5) is 26.2. The summed E-state index contributed by atoms with van der Waals surface area (Å²) in [6, 6.07) is 6.93. The highest BCUT2D eigenvalue weighted by atomic mass is 32.2. The van der Waals surface area contributed by atoms with E-state index in [1.54, 1.807) is 24.3 Å². The number of nitrogens with zero attached hydrogens (tertiary/aromatic N) is 2. The molecule has 1 aromatic carbocycles. The quantitative estimate of drug-likeness (QED) is 0.677. The maximum Gasteiger partial charge on any atom is 0.410 e. The number of amides is 2. The van der Waals surface area contributed by atoms with Crippen molar-refractivity contribution in [3.05, 3.63) is 35.9 Å². The molecule has 2 amide bonds. The van der Waals surface area contributed by atoms with Gasteiger partial charge < -0.3 is 9.64 Å². The average molecular weight is 416 g/mol. The number of ether oxygens (including phenoxy) is 1. The third-order valence-corrected chi connectivity index (χ3v) is 7.32. The van der Waals surface area contributed by atoms with Crippen LogP contribution in [-0.2, 0) is 36.0 Å². The summed E-state index contributed by atoms with van der Waals surface area (Å²) in [7, 11) is -7.90. The third-order valence-electron chi connectivity index (χ3n) is 4.75. The van der Waals surface area contributed by atoms with Crippen LogP contribution in [0.3, 0.4) is 0 Å². The van der Waals surface area contributed by atoms with Gasteiger partial charge in [-0.25, -0.2) is 25.9 Å². The number of carbonyl (C=O) groups is 2. The van der Waals surface area contributed by atoms with Crippen LogP contribution in [0.25, 0.3) is 0 Å². The van der Waals surface area contributed by atoms with Crippen molar-refractivity contribution in [3.8, 4) is 0 Å². The summed E-state index contributed by atoms with van der Waals surface area (Å²) in [5.41, 5.74) is 0.751. The van der Waals surface area contributed by atoms with Crippen LogP contribution in [0.5, 0.6) is 0 Å². The van der Waals surface area contributed by atoms with Gasteiger partial charge in [0.05, 0.1) is 18.3 Å². The van der Waals surface area contributed by atoms with E-state index in [-0.39, 0.29) is 19.6 Å². The number of fused-ring (bicyclic) bond motifs is 1. The Hall–Kier alpha value is -2.14. The lowest BCUT2D eigenvalue weighted by Crippen LogP contribution is -2.48. The van der Waals surface area contributed by atoms with E-state index in [9.17, 15) is 26.4 Å². The summed E-state index contributed by atoms with van der Waals surface area (Å²) in [5.74, 6) is -1.02. The first-order valence-electron chi connectivity index (χ1n) is 8.21. The number of sulfonamides is 1. The van der Waals surface area contributed by atoms with Crippen LogP contribution in [0, 0.1) is 0 Å². The van der Waals surface area contributed by atoms with E-state index in [0.29, 0.717) is 4.31 Å². The van der Waals surface area contributed by atoms with Crippen LogP contribution in [0.1, 0.15) is 12.0 Å². The molecule has 0 aliphatic carbocycles. The van der Waals surface area contributed by atoms with E-state index < -0.39 is 49.2 Å². The Morgan fingerprint density at radius 2 is 1.78 bits per heavy atom.